The van der Waals surface area contributed by atoms with Crippen LogP contribution in [-0.4, -0.2) is 28.7 Å². The van der Waals surface area contributed by atoms with Crippen LogP contribution >= 0.6 is 0 Å². The SMILES string of the molecule is CC(C)CC(=O)N1CCCCC1O. The second-order valence-electron chi connectivity index (χ2n) is 4.16. The van der Waals surface area contributed by atoms with Crippen molar-refractivity contribution in [2.24, 2.45) is 5.92 Å². The summed E-state index contributed by atoms with van der Waals surface area (Å²) in [5, 5.41) is 9.56. The van der Waals surface area contributed by atoms with Gasteiger partial charge in [-0.2, -0.15) is 0 Å². The Bertz CT molecular complexity index is 180. The van der Waals surface area contributed by atoms with Crippen molar-refractivity contribution in [1.82, 2.24) is 4.90 Å². The standard InChI is InChI=1S/C10H19NO2/c1-8(2)7-10(13)11-6-4-3-5-9(11)12/h8-9,12H,3-7H2,1-2H3. The minimum atomic E-state index is -0.528. The number of likely N-dealkylation sites (tertiary alicyclic amines) is 1. The molecule has 1 aliphatic heterocycles. The van der Waals surface area contributed by atoms with Gasteiger partial charge in [0, 0.05) is 13.0 Å². The third-order valence-corrected chi connectivity index (χ3v) is 2.37. The Morgan fingerprint density at radius 2 is 2.23 bits per heavy atom. The monoisotopic (exact) mass is 185 g/mol. The van der Waals surface area contributed by atoms with Gasteiger partial charge in [0.05, 0.1) is 0 Å². The Hall–Kier alpha value is -0.570. The fourth-order valence-electron chi connectivity index (χ4n) is 1.67. The summed E-state index contributed by atoms with van der Waals surface area (Å²) in [5.41, 5.74) is 0. The van der Waals surface area contributed by atoms with E-state index in [0.717, 1.165) is 25.8 Å². The smallest absolute Gasteiger partial charge is 0.224 e. The first kappa shape index (κ1) is 10.5. The van der Waals surface area contributed by atoms with Crippen molar-refractivity contribution in [2.45, 2.75) is 45.8 Å². The van der Waals surface area contributed by atoms with E-state index in [1.165, 1.54) is 0 Å². The second kappa shape index (κ2) is 4.61. The van der Waals surface area contributed by atoms with Crippen LogP contribution in [0.15, 0.2) is 0 Å². The molecule has 0 aromatic carbocycles. The summed E-state index contributed by atoms with van der Waals surface area (Å²) in [4.78, 5) is 13.2. The number of aliphatic hydroxyl groups is 1. The Morgan fingerprint density at radius 1 is 1.54 bits per heavy atom. The van der Waals surface area contributed by atoms with Crippen molar-refractivity contribution in [3.05, 3.63) is 0 Å². The van der Waals surface area contributed by atoms with Crippen LogP contribution in [-0.2, 0) is 4.79 Å². The Balaban J connectivity index is 2.44. The summed E-state index contributed by atoms with van der Waals surface area (Å²) >= 11 is 0. The molecule has 1 aliphatic rings. The molecular formula is C10H19NO2. The van der Waals surface area contributed by atoms with Crippen molar-refractivity contribution in [3.63, 3.8) is 0 Å². The molecule has 3 heteroatoms. The predicted molar refractivity (Wildman–Crippen MR) is 51.0 cm³/mol. The summed E-state index contributed by atoms with van der Waals surface area (Å²) in [6, 6.07) is 0. The first-order valence-electron chi connectivity index (χ1n) is 5.09. The van der Waals surface area contributed by atoms with Gasteiger partial charge in [0.15, 0.2) is 0 Å². The molecule has 76 valence electrons. The number of piperidine rings is 1. The van der Waals surface area contributed by atoms with Gasteiger partial charge >= 0.3 is 0 Å². The molecule has 1 saturated heterocycles. The number of carbonyl (C=O) groups excluding carboxylic acids is 1. The van der Waals surface area contributed by atoms with Crippen LogP contribution in [0.25, 0.3) is 0 Å². The zero-order valence-electron chi connectivity index (χ0n) is 8.49. The van der Waals surface area contributed by atoms with Gasteiger partial charge in [-0.3, -0.25) is 4.79 Å². The summed E-state index contributed by atoms with van der Waals surface area (Å²) in [6.07, 6.45) is 2.83. The van der Waals surface area contributed by atoms with Gasteiger partial charge in [0.1, 0.15) is 6.23 Å². The lowest BCUT2D eigenvalue weighted by Crippen LogP contribution is -2.43. The molecule has 1 unspecified atom stereocenters. The van der Waals surface area contributed by atoms with Crippen LogP contribution in [0, 0.1) is 5.92 Å². The predicted octanol–water partition coefficient (Wildman–Crippen LogP) is 1.36. The maximum absolute atomic E-state index is 11.6. The molecule has 0 aromatic rings. The third-order valence-electron chi connectivity index (χ3n) is 2.37. The van der Waals surface area contributed by atoms with Gasteiger partial charge in [-0.15, -0.1) is 0 Å². The van der Waals surface area contributed by atoms with Crippen molar-refractivity contribution < 1.29 is 9.90 Å². The van der Waals surface area contributed by atoms with Gasteiger partial charge in [0.2, 0.25) is 5.91 Å². The summed E-state index contributed by atoms with van der Waals surface area (Å²) in [5.74, 6) is 0.476. The number of amides is 1. The van der Waals surface area contributed by atoms with Crippen molar-refractivity contribution in [3.8, 4) is 0 Å². The fourth-order valence-corrected chi connectivity index (χ4v) is 1.67. The molecule has 1 rings (SSSR count). The highest BCUT2D eigenvalue weighted by molar-refractivity contribution is 5.76. The second-order valence-corrected chi connectivity index (χ2v) is 4.16. The highest BCUT2D eigenvalue weighted by Crippen LogP contribution is 2.17. The normalized spacial score (nSPS) is 23.7. The van der Waals surface area contributed by atoms with Gasteiger partial charge in [0.25, 0.3) is 0 Å². The highest BCUT2D eigenvalue weighted by atomic mass is 16.3. The topological polar surface area (TPSA) is 40.5 Å². The molecule has 13 heavy (non-hydrogen) atoms. The third kappa shape index (κ3) is 2.99. The molecule has 0 saturated carbocycles. The molecule has 0 aliphatic carbocycles. The van der Waals surface area contributed by atoms with Crippen LogP contribution in [0.1, 0.15) is 39.5 Å². The lowest BCUT2D eigenvalue weighted by Gasteiger charge is -2.32. The van der Waals surface area contributed by atoms with Crippen LogP contribution in [0.4, 0.5) is 0 Å². The average Bonchev–Trinajstić information content (AvgIpc) is 2.03. The van der Waals surface area contributed by atoms with E-state index in [9.17, 15) is 9.90 Å². The van der Waals surface area contributed by atoms with E-state index < -0.39 is 6.23 Å². The number of nitrogens with zero attached hydrogens (tertiary/aromatic N) is 1. The lowest BCUT2D eigenvalue weighted by atomic mass is 10.1. The number of aliphatic hydroxyl groups excluding tert-OH is 1. The van der Waals surface area contributed by atoms with E-state index in [4.69, 9.17) is 0 Å². The Labute approximate surface area is 79.7 Å². The first-order valence-corrected chi connectivity index (χ1v) is 5.09. The number of rotatable bonds is 2. The lowest BCUT2D eigenvalue weighted by molar-refractivity contribution is -0.145. The van der Waals surface area contributed by atoms with Crippen LogP contribution < -0.4 is 0 Å². The number of hydrogen-bond acceptors (Lipinski definition) is 2. The summed E-state index contributed by atoms with van der Waals surface area (Å²) < 4.78 is 0. The molecule has 0 aromatic heterocycles. The molecule has 0 spiro atoms. The minimum Gasteiger partial charge on any atom is -0.374 e. The van der Waals surface area contributed by atoms with Gasteiger partial charge in [-0.25, -0.2) is 0 Å². The molecule has 1 heterocycles. The van der Waals surface area contributed by atoms with Gasteiger partial charge < -0.3 is 10.0 Å². The molecule has 1 atom stereocenters. The van der Waals surface area contributed by atoms with Crippen molar-refractivity contribution >= 4 is 5.91 Å². The number of carbonyl (C=O) groups is 1. The zero-order valence-corrected chi connectivity index (χ0v) is 8.49. The van der Waals surface area contributed by atoms with Crippen LogP contribution in [0.3, 0.4) is 0 Å². The number of hydrogen-bond donors (Lipinski definition) is 1. The van der Waals surface area contributed by atoms with E-state index in [2.05, 4.69) is 0 Å². The van der Waals surface area contributed by atoms with E-state index in [0.29, 0.717) is 12.3 Å². The highest BCUT2D eigenvalue weighted by Gasteiger charge is 2.24. The van der Waals surface area contributed by atoms with Crippen molar-refractivity contribution in [1.29, 1.82) is 0 Å². The molecule has 1 N–H and O–H groups in total. The van der Waals surface area contributed by atoms with E-state index in [1.807, 2.05) is 13.8 Å². The molecular weight excluding hydrogens is 166 g/mol. The fraction of sp³-hybridized carbons (Fsp3) is 0.900. The largest absolute Gasteiger partial charge is 0.374 e. The molecule has 1 fully saturated rings. The van der Waals surface area contributed by atoms with Crippen LogP contribution in [0.5, 0.6) is 0 Å². The first-order chi connectivity index (χ1) is 6.11. The van der Waals surface area contributed by atoms with Gasteiger partial charge in [-0.1, -0.05) is 13.8 Å². The van der Waals surface area contributed by atoms with Crippen molar-refractivity contribution in [2.75, 3.05) is 6.54 Å². The summed E-state index contributed by atoms with van der Waals surface area (Å²) in [7, 11) is 0. The quantitative estimate of drug-likeness (QED) is 0.705. The van der Waals surface area contributed by atoms with Gasteiger partial charge in [-0.05, 0) is 25.2 Å². The van der Waals surface area contributed by atoms with E-state index in [1.54, 1.807) is 4.90 Å². The Morgan fingerprint density at radius 3 is 2.77 bits per heavy atom. The summed E-state index contributed by atoms with van der Waals surface area (Å²) in [6.45, 7) is 4.77. The molecule has 3 nitrogen and oxygen atoms in total. The minimum absolute atomic E-state index is 0.0993. The Kier molecular flexibility index (Phi) is 3.72. The van der Waals surface area contributed by atoms with Crippen LogP contribution in [0.2, 0.25) is 0 Å². The molecule has 1 amide bonds. The van der Waals surface area contributed by atoms with E-state index >= 15 is 0 Å². The average molecular weight is 185 g/mol. The van der Waals surface area contributed by atoms with E-state index in [-0.39, 0.29) is 5.91 Å². The maximum Gasteiger partial charge on any atom is 0.224 e. The molecule has 0 bridgehead atoms. The zero-order chi connectivity index (χ0) is 9.84. The maximum atomic E-state index is 11.6. The molecule has 0 radical (unpaired) electrons.